The number of ether oxygens (including phenoxy) is 2. The quantitative estimate of drug-likeness (QED) is 0.419. The van der Waals surface area contributed by atoms with Crippen molar-refractivity contribution in [3.63, 3.8) is 0 Å². The highest BCUT2D eigenvalue weighted by Gasteiger charge is 2.72. The Labute approximate surface area is 211 Å². The Balaban J connectivity index is 1.81. The molecule has 2 aromatic rings. The van der Waals surface area contributed by atoms with Crippen molar-refractivity contribution in [1.29, 1.82) is 0 Å². The minimum Gasteiger partial charge on any atom is -0.502 e. The van der Waals surface area contributed by atoms with Crippen LogP contribution in [0.3, 0.4) is 0 Å². The fraction of sp³-hybridized carbons (Fsp3) is 0.231. The third kappa shape index (κ3) is 3.70. The minimum atomic E-state index is -1.88. The van der Waals surface area contributed by atoms with Crippen LogP contribution in [0.2, 0.25) is 0 Å². The van der Waals surface area contributed by atoms with Crippen molar-refractivity contribution in [2.45, 2.75) is 16.2 Å². The number of benzene rings is 2. The Morgan fingerprint density at radius 2 is 1.71 bits per heavy atom. The Morgan fingerprint density at radius 3 is 2.26 bits per heavy atom. The summed E-state index contributed by atoms with van der Waals surface area (Å²) in [7, 11) is 2.81. The Bertz CT molecular complexity index is 1250. The van der Waals surface area contributed by atoms with Crippen LogP contribution in [-0.2, 0) is 9.59 Å². The second-order valence-corrected chi connectivity index (χ2v) is 9.40. The van der Waals surface area contributed by atoms with Gasteiger partial charge in [-0.15, -0.1) is 23.2 Å². The Kier molecular flexibility index (Phi) is 6.42. The number of rotatable bonds is 6. The van der Waals surface area contributed by atoms with Crippen LogP contribution in [-0.4, -0.2) is 40.9 Å². The normalized spacial score (nSPS) is 26.0. The molecule has 1 aliphatic carbocycles. The molecule has 0 unspecified atom stereocenters. The fourth-order valence-corrected chi connectivity index (χ4v) is 5.29. The first kappa shape index (κ1) is 24.8. The number of phenols is 1. The number of phenolic OH excluding ortho intramolecular Hbond substituents is 1. The number of amides is 2. The van der Waals surface area contributed by atoms with Crippen molar-refractivity contribution in [3.05, 3.63) is 78.2 Å². The molecule has 9 heteroatoms. The molecule has 4 rings (SSSR count). The van der Waals surface area contributed by atoms with E-state index in [-0.39, 0.29) is 29.4 Å². The molecule has 35 heavy (non-hydrogen) atoms. The van der Waals surface area contributed by atoms with E-state index in [0.29, 0.717) is 11.1 Å². The fourth-order valence-electron chi connectivity index (χ4n) is 4.48. The molecule has 1 heterocycles. The zero-order valence-electron chi connectivity index (χ0n) is 18.9. The molecule has 2 amide bonds. The molecule has 2 aliphatic rings. The topological polar surface area (TPSA) is 76.1 Å². The number of hydrogen-bond donors (Lipinski definition) is 1. The van der Waals surface area contributed by atoms with E-state index in [1.54, 1.807) is 36.4 Å². The number of imide groups is 1. The minimum absolute atomic E-state index is 0.00682. The van der Waals surface area contributed by atoms with Gasteiger partial charge in [-0.05, 0) is 54.0 Å². The lowest BCUT2D eigenvalue weighted by molar-refractivity contribution is -0.122. The molecule has 0 saturated carbocycles. The van der Waals surface area contributed by atoms with E-state index >= 15 is 0 Å². The van der Waals surface area contributed by atoms with E-state index in [2.05, 4.69) is 6.58 Å². The lowest BCUT2D eigenvalue weighted by Crippen LogP contribution is -2.55. The maximum absolute atomic E-state index is 13.7. The zero-order valence-corrected chi connectivity index (χ0v) is 20.4. The van der Waals surface area contributed by atoms with Crippen molar-refractivity contribution >= 4 is 46.8 Å². The van der Waals surface area contributed by atoms with Gasteiger partial charge < -0.3 is 14.6 Å². The Hall–Kier alpha value is -3.29. The lowest BCUT2D eigenvalue weighted by Gasteiger charge is -2.40. The highest BCUT2D eigenvalue weighted by molar-refractivity contribution is 6.57. The number of fused-ring (bicyclic) bond motifs is 1. The second-order valence-electron chi connectivity index (χ2n) is 8.16. The van der Waals surface area contributed by atoms with Gasteiger partial charge >= 0.3 is 0 Å². The number of nitrogens with zero attached hydrogens (tertiary/aromatic N) is 1. The number of hydrogen-bond acceptors (Lipinski definition) is 5. The number of alkyl halides is 2. The maximum atomic E-state index is 13.7. The van der Waals surface area contributed by atoms with E-state index in [0.717, 1.165) is 17.0 Å². The molecule has 0 radical (unpaired) electrons. The first-order valence-corrected chi connectivity index (χ1v) is 11.4. The van der Waals surface area contributed by atoms with Crippen LogP contribution in [0, 0.1) is 11.7 Å². The first-order valence-electron chi connectivity index (χ1n) is 10.6. The van der Waals surface area contributed by atoms with Gasteiger partial charge in [-0.2, -0.15) is 0 Å². The summed E-state index contributed by atoms with van der Waals surface area (Å²) >= 11 is 13.9. The maximum Gasteiger partial charge on any atom is 0.258 e. The number of allylic oxidation sites excluding steroid dienone is 4. The van der Waals surface area contributed by atoms with Crippen LogP contribution in [0.1, 0.15) is 12.0 Å². The summed E-state index contributed by atoms with van der Waals surface area (Å²) < 4.78 is 23.9. The highest BCUT2D eigenvalue weighted by Crippen LogP contribution is 2.57. The van der Waals surface area contributed by atoms with Gasteiger partial charge in [0.1, 0.15) is 5.82 Å². The molecule has 1 saturated heterocycles. The lowest BCUT2D eigenvalue weighted by atomic mass is 9.71. The molecule has 0 bridgehead atoms. The number of aromatic hydroxyl groups is 1. The smallest absolute Gasteiger partial charge is 0.258 e. The van der Waals surface area contributed by atoms with Crippen LogP contribution in [0.15, 0.2) is 66.8 Å². The first-order chi connectivity index (χ1) is 16.6. The highest BCUT2D eigenvalue weighted by atomic mass is 35.5. The second kappa shape index (κ2) is 9.06. The summed E-state index contributed by atoms with van der Waals surface area (Å²) in [6.07, 6.45) is 6.62. The summed E-state index contributed by atoms with van der Waals surface area (Å²) in [6.45, 7) is 3.83. The summed E-state index contributed by atoms with van der Waals surface area (Å²) in [5.74, 6) is -2.52. The summed E-state index contributed by atoms with van der Waals surface area (Å²) in [5.41, 5.74) is 1.37. The van der Waals surface area contributed by atoms with Gasteiger partial charge in [0.05, 0.1) is 19.9 Å². The van der Waals surface area contributed by atoms with Crippen molar-refractivity contribution in [3.8, 4) is 17.2 Å². The van der Waals surface area contributed by atoms with E-state index in [9.17, 15) is 19.1 Å². The standard InChI is InChI=1S/C26H22Cl2FNO5/c1-4-16-11-12-25(27)23(32)30(18-8-6-17(29)7-9-18)24(33)26(25,28)19(16)10-5-15-13-20(34-2)22(31)21(14-15)35-3/h4-11,13-14,19,31H,1,12H2,2-3H3/t19-,25+,26-/m0/s1. The largest absolute Gasteiger partial charge is 0.502 e. The van der Waals surface area contributed by atoms with Gasteiger partial charge in [0.2, 0.25) is 5.75 Å². The number of methoxy groups -OCH3 is 2. The van der Waals surface area contributed by atoms with Gasteiger partial charge in [0.15, 0.2) is 21.2 Å². The zero-order chi connectivity index (χ0) is 25.5. The third-order valence-corrected chi connectivity index (χ3v) is 7.77. The van der Waals surface area contributed by atoms with Crippen LogP contribution >= 0.6 is 23.2 Å². The molecule has 0 aromatic heterocycles. The summed E-state index contributed by atoms with van der Waals surface area (Å²) in [4.78, 5) is 24.4. The van der Waals surface area contributed by atoms with E-state index in [4.69, 9.17) is 32.7 Å². The molecule has 1 aliphatic heterocycles. The summed E-state index contributed by atoms with van der Waals surface area (Å²) in [5, 5.41) is 10.2. The number of halogens is 3. The SMILES string of the molecule is C=CC1=CC[C@@]2(Cl)C(=O)N(c3ccc(F)cc3)C(=O)[C@@]2(Cl)[C@H]1C=Cc1cc(OC)c(O)c(OC)c1. The van der Waals surface area contributed by atoms with Crippen molar-refractivity contribution < 1.29 is 28.6 Å². The van der Waals surface area contributed by atoms with Gasteiger partial charge in [-0.25, -0.2) is 9.29 Å². The molecule has 3 atom stereocenters. The monoisotopic (exact) mass is 517 g/mol. The average molecular weight is 518 g/mol. The summed E-state index contributed by atoms with van der Waals surface area (Å²) in [6, 6.07) is 8.10. The van der Waals surface area contributed by atoms with Crippen LogP contribution in [0.4, 0.5) is 10.1 Å². The Morgan fingerprint density at radius 1 is 1.11 bits per heavy atom. The number of carbonyl (C=O) groups is 2. The van der Waals surface area contributed by atoms with Gasteiger partial charge in [-0.1, -0.05) is 30.9 Å². The predicted octanol–water partition coefficient (Wildman–Crippen LogP) is 5.22. The van der Waals surface area contributed by atoms with Crippen LogP contribution < -0.4 is 14.4 Å². The van der Waals surface area contributed by atoms with Crippen LogP contribution in [0.25, 0.3) is 6.08 Å². The van der Waals surface area contributed by atoms with Crippen molar-refractivity contribution in [1.82, 2.24) is 0 Å². The van der Waals surface area contributed by atoms with Crippen LogP contribution in [0.5, 0.6) is 17.2 Å². The van der Waals surface area contributed by atoms with Crippen molar-refractivity contribution in [2.75, 3.05) is 19.1 Å². The molecular formula is C26H22Cl2FNO5. The van der Waals surface area contributed by atoms with Gasteiger partial charge in [0, 0.05) is 5.92 Å². The molecule has 2 aromatic carbocycles. The predicted molar refractivity (Wildman–Crippen MR) is 133 cm³/mol. The van der Waals surface area contributed by atoms with Gasteiger partial charge in [0.25, 0.3) is 11.8 Å². The average Bonchev–Trinajstić information content (AvgIpc) is 3.01. The number of carbonyl (C=O) groups excluding carboxylic acids is 2. The van der Waals surface area contributed by atoms with Crippen molar-refractivity contribution in [2.24, 2.45) is 5.92 Å². The molecule has 0 spiro atoms. The van der Waals surface area contributed by atoms with Gasteiger partial charge in [-0.3, -0.25) is 9.59 Å². The number of anilines is 1. The molecule has 1 fully saturated rings. The molecular weight excluding hydrogens is 496 g/mol. The van der Waals surface area contributed by atoms with E-state index < -0.39 is 33.3 Å². The molecule has 6 nitrogen and oxygen atoms in total. The molecule has 182 valence electrons. The third-order valence-electron chi connectivity index (χ3n) is 6.34. The van der Waals surface area contributed by atoms with E-state index in [1.807, 2.05) is 0 Å². The van der Waals surface area contributed by atoms with E-state index in [1.165, 1.54) is 26.4 Å². The molecule has 1 N–H and O–H groups in total.